The number of fused-ring (bicyclic) bond motifs is 1. The molecule has 0 radical (unpaired) electrons. The summed E-state index contributed by atoms with van der Waals surface area (Å²) >= 11 is 0. The Bertz CT molecular complexity index is 653. The normalized spacial score (nSPS) is 23.8. The highest BCUT2D eigenvalue weighted by Crippen LogP contribution is 2.46. The predicted molar refractivity (Wildman–Crippen MR) is 72.7 cm³/mol. The fraction of sp³-hybridized carbons (Fsp3) is 0.400. The minimum atomic E-state index is -4.61. The summed E-state index contributed by atoms with van der Waals surface area (Å²) < 4.78 is 40.9. The summed E-state index contributed by atoms with van der Waals surface area (Å²) in [4.78, 5) is 3.63. The third kappa shape index (κ3) is 2.38. The molecule has 2 aliphatic rings. The quantitative estimate of drug-likeness (QED) is 0.782. The number of rotatable bonds is 1. The first kappa shape index (κ1) is 14.0. The first-order chi connectivity index (χ1) is 9.96. The standard InChI is InChI=1S/C15H13F3N2O/c16-15(17,18)14(6-5-10-1-2-10)12-4-3-11(8-21)7-13(12)19-9-20-14/h3-4,7,9-10,21H,1-2,8H2,(H,19,20)/t14-/m0/s1. The van der Waals surface area contributed by atoms with E-state index in [1.165, 1.54) is 18.2 Å². The van der Waals surface area contributed by atoms with E-state index in [2.05, 4.69) is 22.2 Å². The van der Waals surface area contributed by atoms with Crippen molar-refractivity contribution in [1.82, 2.24) is 0 Å². The van der Waals surface area contributed by atoms with Gasteiger partial charge in [-0.2, -0.15) is 13.2 Å². The highest BCUT2D eigenvalue weighted by atomic mass is 19.4. The van der Waals surface area contributed by atoms with Crippen molar-refractivity contribution < 1.29 is 18.3 Å². The molecule has 21 heavy (non-hydrogen) atoms. The van der Waals surface area contributed by atoms with E-state index in [1.54, 1.807) is 0 Å². The SMILES string of the molecule is OCc1ccc2c(c1)NC=N[C@]2(C#CC1CC1)C(F)(F)F. The lowest BCUT2D eigenvalue weighted by Gasteiger charge is -2.32. The Balaban J connectivity index is 2.15. The number of hydrogen-bond acceptors (Lipinski definition) is 3. The van der Waals surface area contributed by atoms with Crippen LogP contribution in [0, 0.1) is 17.8 Å². The Morgan fingerprint density at radius 1 is 1.38 bits per heavy atom. The number of benzene rings is 1. The van der Waals surface area contributed by atoms with Crippen molar-refractivity contribution in [2.45, 2.75) is 31.2 Å². The number of hydrogen-bond donors (Lipinski definition) is 2. The molecule has 1 aromatic rings. The van der Waals surface area contributed by atoms with Crippen LogP contribution in [0.15, 0.2) is 23.2 Å². The molecule has 1 aromatic carbocycles. The van der Waals surface area contributed by atoms with Gasteiger partial charge in [-0.3, -0.25) is 0 Å². The summed E-state index contributed by atoms with van der Waals surface area (Å²) in [6.07, 6.45) is -1.89. The molecule has 0 aromatic heterocycles. The molecule has 0 saturated heterocycles. The molecule has 1 atom stereocenters. The van der Waals surface area contributed by atoms with Gasteiger partial charge in [-0.25, -0.2) is 4.99 Å². The number of aliphatic imine (C=N–C) groups is 1. The van der Waals surface area contributed by atoms with Crippen LogP contribution in [-0.4, -0.2) is 17.6 Å². The molecule has 2 N–H and O–H groups in total. The third-order valence-corrected chi connectivity index (χ3v) is 3.58. The molecule has 1 aliphatic heterocycles. The largest absolute Gasteiger partial charge is 0.429 e. The van der Waals surface area contributed by atoms with Gasteiger partial charge >= 0.3 is 6.18 Å². The summed E-state index contributed by atoms with van der Waals surface area (Å²) in [6.45, 7) is -0.237. The average Bonchev–Trinajstić information content (AvgIpc) is 3.27. The molecule has 110 valence electrons. The van der Waals surface area contributed by atoms with Crippen molar-refractivity contribution in [2.75, 3.05) is 5.32 Å². The molecule has 0 spiro atoms. The first-order valence-electron chi connectivity index (χ1n) is 6.60. The molecule has 1 aliphatic carbocycles. The predicted octanol–water partition coefficient (Wildman–Crippen LogP) is 2.80. The van der Waals surface area contributed by atoms with Crippen molar-refractivity contribution in [1.29, 1.82) is 0 Å². The minimum absolute atomic E-state index is 0.0251. The van der Waals surface area contributed by atoms with Crippen LogP contribution >= 0.6 is 0 Å². The lowest BCUT2D eigenvalue weighted by Crippen LogP contribution is -2.42. The van der Waals surface area contributed by atoms with E-state index < -0.39 is 11.7 Å². The highest BCUT2D eigenvalue weighted by Gasteiger charge is 2.57. The average molecular weight is 294 g/mol. The molecule has 6 heteroatoms. The fourth-order valence-electron chi connectivity index (χ4n) is 2.22. The van der Waals surface area contributed by atoms with Gasteiger partial charge in [-0.1, -0.05) is 24.0 Å². The lowest BCUT2D eigenvalue weighted by molar-refractivity contribution is -0.170. The van der Waals surface area contributed by atoms with E-state index in [9.17, 15) is 13.2 Å². The molecule has 3 rings (SSSR count). The molecule has 1 heterocycles. The van der Waals surface area contributed by atoms with Crippen LogP contribution in [0.1, 0.15) is 24.0 Å². The molecule has 1 fully saturated rings. The summed E-state index contributed by atoms with van der Waals surface area (Å²) in [5.41, 5.74) is -1.74. The van der Waals surface area contributed by atoms with Crippen molar-refractivity contribution in [3.05, 3.63) is 29.3 Å². The zero-order valence-electron chi connectivity index (χ0n) is 11.0. The van der Waals surface area contributed by atoms with Gasteiger partial charge in [0.1, 0.15) is 0 Å². The van der Waals surface area contributed by atoms with Gasteiger partial charge in [-0.05, 0) is 24.5 Å². The molecular weight excluding hydrogens is 281 g/mol. The van der Waals surface area contributed by atoms with Crippen molar-refractivity contribution in [3.8, 4) is 11.8 Å². The highest BCUT2D eigenvalue weighted by molar-refractivity contribution is 5.83. The van der Waals surface area contributed by atoms with Crippen LogP contribution in [0.3, 0.4) is 0 Å². The van der Waals surface area contributed by atoms with Crippen molar-refractivity contribution in [3.63, 3.8) is 0 Å². The zero-order valence-corrected chi connectivity index (χ0v) is 11.0. The van der Waals surface area contributed by atoms with Crippen molar-refractivity contribution >= 4 is 12.0 Å². The van der Waals surface area contributed by atoms with E-state index in [0.717, 1.165) is 19.2 Å². The first-order valence-corrected chi connectivity index (χ1v) is 6.60. The second-order valence-electron chi connectivity index (χ2n) is 5.19. The maximum absolute atomic E-state index is 13.6. The van der Waals surface area contributed by atoms with Gasteiger partial charge < -0.3 is 10.4 Å². The monoisotopic (exact) mass is 294 g/mol. The van der Waals surface area contributed by atoms with E-state index in [-0.39, 0.29) is 23.8 Å². The van der Waals surface area contributed by atoms with Crippen LogP contribution in [0.5, 0.6) is 0 Å². The summed E-state index contributed by atoms with van der Waals surface area (Å²) in [6, 6.07) is 4.28. The fourth-order valence-corrected chi connectivity index (χ4v) is 2.22. The second-order valence-corrected chi connectivity index (χ2v) is 5.19. The van der Waals surface area contributed by atoms with Gasteiger partial charge in [0.15, 0.2) is 0 Å². The number of aliphatic hydroxyl groups excluding tert-OH is 1. The van der Waals surface area contributed by atoms with Gasteiger partial charge in [0.25, 0.3) is 0 Å². The van der Waals surface area contributed by atoms with Crippen LogP contribution in [0.25, 0.3) is 0 Å². The number of anilines is 1. The van der Waals surface area contributed by atoms with Crippen LogP contribution in [0.2, 0.25) is 0 Å². The Morgan fingerprint density at radius 2 is 2.14 bits per heavy atom. The molecular formula is C15H13F3N2O. The topological polar surface area (TPSA) is 44.6 Å². The van der Waals surface area contributed by atoms with Gasteiger partial charge in [0, 0.05) is 17.2 Å². The van der Waals surface area contributed by atoms with E-state index in [0.29, 0.717) is 5.56 Å². The Morgan fingerprint density at radius 3 is 2.76 bits per heavy atom. The smallest absolute Gasteiger partial charge is 0.392 e. The number of nitrogens with one attached hydrogen (secondary N) is 1. The van der Waals surface area contributed by atoms with Gasteiger partial charge in [-0.15, -0.1) is 0 Å². The van der Waals surface area contributed by atoms with Gasteiger partial charge in [0.2, 0.25) is 5.54 Å². The Kier molecular flexibility index (Phi) is 3.18. The number of aliphatic hydroxyl groups is 1. The van der Waals surface area contributed by atoms with Crippen LogP contribution < -0.4 is 5.32 Å². The molecule has 0 unspecified atom stereocenters. The van der Waals surface area contributed by atoms with Gasteiger partial charge in [0.05, 0.1) is 12.9 Å². The molecule has 3 nitrogen and oxygen atoms in total. The third-order valence-electron chi connectivity index (χ3n) is 3.58. The van der Waals surface area contributed by atoms with Crippen molar-refractivity contribution in [2.24, 2.45) is 10.9 Å². The number of halogens is 3. The van der Waals surface area contributed by atoms with E-state index in [4.69, 9.17) is 5.11 Å². The summed E-state index contributed by atoms with van der Waals surface area (Å²) in [5.74, 6) is 5.09. The van der Waals surface area contributed by atoms with E-state index >= 15 is 0 Å². The molecule has 0 amide bonds. The Hall–Kier alpha value is -2.00. The summed E-state index contributed by atoms with van der Waals surface area (Å²) in [7, 11) is 0. The molecule has 1 saturated carbocycles. The number of alkyl halides is 3. The lowest BCUT2D eigenvalue weighted by atomic mass is 9.87. The summed E-state index contributed by atoms with van der Waals surface area (Å²) in [5, 5.41) is 11.8. The maximum Gasteiger partial charge on any atom is 0.429 e. The van der Waals surface area contributed by atoms with Crippen LogP contribution in [0.4, 0.5) is 18.9 Å². The van der Waals surface area contributed by atoms with Crippen LogP contribution in [-0.2, 0) is 12.1 Å². The maximum atomic E-state index is 13.6. The Labute approximate surface area is 119 Å². The zero-order chi connectivity index (χ0) is 15.1. The number of nitrogens with zero attached hydrogens (tertiary/aromatic N) is 1. The minimum Gasteiger partial charge on any atom is -0.392 e. The molecule has 0 bridgehead atoms. The second kappa shape index (κ2) is 4.78. The van der Waals surface area contributed by atoms with E-state index in [1.807, 2.05) is 0 Å².